The lowest BCUT2D eigenvalue weighted by Gasteiger charge is -2.34. The molecule has 1 saturated carbocycles. The van der Waals surface area contributed by atoms with Crippen molar-refractivity contribution in [3.63, 3.8) is 0 Å². The summed E-state index contributed by atoms with van der Waals surface area (Å²) in [5.74, 6) is 0.138. The lowest BCUT2D eigenvalue weighted by molar-refractivity contribution is 0.0988. The van der Waals surface area contributed by atoms with E-state index in [2.05, 4.69) is 51.3 Å². The number of aromatic nitrogens is 1. The van der Waals surface area contributed by atoms with Crippen LogP contribution in [-0.2, 0) is 0 Å². The number of ketones is 1. The Morgan fingerprint density at radius 1 is 1.28 bits per heavy atom. The van der Waals surface area contributed by atoms with Gasteiger partial charge in [-0.2, -0.15) is 0 Å². The molecule has 3 rings (SSSR count). The number of carbonyl (C=O) groups is 1. The van der Waals surface area contributed by atoms with Gasteiger partial charge in [0.1, 0.15) is 0 Å². The second-order valence-corrected chi connectivity index (χ2v) is 8.01. The fraction of sp³-hybridized carbons (Fsp3) is 0.500. The first-order chi connectivity index (χ1) is 12.0. The summed E-state index contributed by atoms with van der Waals surface area (Å²) in [7, 11) is 4.31. The van der Waals surface area contributed by atoms with Gasteiger partial charge in [0.15, 0.2) is 5.78 Å². The van der Waals surface area contributed by atoms with Gasteiger partial charge in [0, 0.05) is 34.6 Å². The van der Waals surface area contributed by atoms with E-state index in [0.29, 0.717) is 24.1 Å². The summed E-state index contributed by atoms with van der Waals surface area (Å²) < 4.78 is 1.00. The molecule has 25 heavy (non-hydrogen) atoms. The zero-order chi connectivity index (χ0) is 18.0. The van der Waals surface area contributed by atoms with Crippen molar-refractivity contribution in [2.75, 3.05) is 19.4 Å². The molecule has 0 radical (unpaired) electrons. The minimum atomic E-state index is 0.138. The average molecular weight is 404 g/mol. The number of anilines is 1. The molecule has 2 aromatic rings. The van der Waals surface area contributed by atoms with Crippen molar-refractivity contribution in [1.29, 1.82) is 0 Å². The van der Waals surface area contributed by atoms with E-state index in [-0.39, 0.29) is 5.78 Å². The van der Waals surface area contributed by atoms with E-state index in [1.54, 1.807) is 6.20 Å². The van der Waals surface area contributed by atoms with Crippen molar-refractivity contribution in [3.8, 4) is 0 Å². The normalized spacial score (nSPS) is 20.8. The third kappa shape index (κ3) is 4.04. The number of nitrogens with zero attached hydrogens (tertiary/aromatic N) is 2. The highest BCUT2D eigenvalue weighted by Gasteiger charge is 2.24. The number of pyridine rings is 1. The Labute approximate surface area is 158 Å². The van der Waals surface area contributed by atoms with E-state index in [1.165, 1.54) is 12.8 Å². The molecule has 0 unspecified atom stereocenters. The first-order valence-corrected chi connectivity index (χ1v) is 9.83. The molecule has 1 heterocycles. The molecule has 1 fully saturated rings. The number of fused-ring (bicyclic) bond motifs is 1. The van der Waals surface area contributed by atoms with Crippen LogP contribution in [0.4, 0.5) is 5.69 Å². The van der Waals surface area contributed by atoms with Crippen LogP contribution in [0.2, 0.25) is 0 Å². The first kappa shape index (κ1) is 18.3. The number of carbonyl (C=O) groups excluding carboxylic acids is 1. The van der Waals surface area contributed by atoms with Crippen LogP contribution >= 0.6 is 15.9 Å². The monoisotopic (exact) mass is 403 g/mol. The third-order valence-corrected chi connectivity index (χ3v) is 5.72. The second kappa shape index (κ2) is 7.83. The van der Waals surface area contributed by atoms with Gasteiger partial charge in [-0.25, -0.2) is 0 Å². The molecule has 0 aliphatic heterocycles. The van der Waals surface area contributed by atoms with Gasteiger partial charge in [0.2, 0.25) is 0 Å². The molecule has 1 aliphatic carbocycles. The Morgan fingerprint density at radius 3 is 2.64 bits per heavy atom. The van der Waals surface area contributed by atoms with Crippen LogP contribution in [-0.4, -0.2) is 41.8 Å². The lowest BCUT2D eigenvalue weighted by atomic mass is 9.90. The van der Waals surface area contributed by atoms with E-state index >= 15 is 0 Å². The van der Waals surface area contributed by atoms with Gasteiger partial charge in [-0.1, -0.05) is 22.9 Å². The number of nitrogens with one attached hydrogen (secondary N) is 1. The molecule has 0 atom stereocenters. The summed E-state index contributed by atoms with van der Waals surface area (Å²) in [5.41, 5.74) is 2.58. The Kier molecular flexibility index (Phi) is 5.74. The average Bonchev–Trinajstić information content (AvgIpc) is 2.62. The lowest BCUT2D eigenvalue weighted by Crippen LogP contribution is -2.36. The van der Waals surface area contributed by atoms with Crippen LogP contribution < -0.4 is 5.32 Å². The van der Waals surface area contributed by atoms with Crippen molar-refractivity contribution >= 4 is 38.3 Å². The number of benzene rings is 1. The summed E-state index contributed by atoms with van der Waals surface area (Å²) in [6.45, 7) is 1.90. The fourth-order valence-electron chi connectivity index (χ4n) is 3.66. The molecular weight excluding hydrogens is 378 g/mol. The highest BCUT2D eigenvalue weighted by atomic mass is 79.9. The van der Waals surface area contributed by atoms with Gasteiger partial charge in [-0.3, -0.25) is 9.78 Å². The molecule has 134 valence electrons. The maximum atomic E-state index is 12.4. The highest BCUT2D eigenvalue weighted by molar-refractivity contribution is 9.10. The first-order valence-electron chi connectivity index (χ1n) is 9.04. The van der Waals surface area contributed by atoms with Crippen LogP contribution in [0.1, 0.15) is 49.4 Å². The van der Waals surface area contributed by atoms with E-state index < -0.39 is 0 Å². The second-order valence-electron chi connectivity index (χ2n) is 7.10. The van der Waals surface area contributed by atoms with Crippen LogP contribution in [0.5, 0.6) is 0 Å². The largest absolute Gasteiger partial charge is 0.381 e. The third-order valence-electron chi connectivity index (χ3n) is 5.23. The predicted molar refractivity (Wildman–Crippen MR) is 107 cm³/mol. The van der Waals surface area contributed by atoms with E-state index in [1.807, 2.05) is 19.1 Å². The van der Waals surface area contributed by atoms with Crippen molar-refractivity contribution in [1.82, 2.24) is 9.88 Å². The number of halogens is 1. The zero-order valence-electron chi connectivity index (χ0n) is 15.2. The summed E-state index contributed by atoms with van der Waals surface area (Å²) in [6.07, 6.45) is 6.85. The van der Waals surface area contributed by atoms with Crippen LogP contribution in [0, 0.1) is 0 Å². The molecule has 4 nitrogen and oxygen atoms in total. The Morgan fingerprint density at radius 2 is 2.00 bits per heavy atom. The maximum absolute atomic E-state index is 12.4. The van der Waals surface area contributed by atoms with Crippen LogP contribution in [0.3, 0.4) is 0 Å². The van der Waals surface area contributed by atoms with E-state index in [4.69, 9.17) is 0 Å². The molecule has 0 amide bonds. The quantitative estimate of drug-likeness (QED) is 0.722. The Bertz CT molecular complexity index is 767. The van der Waals surface area contributed by atoms with Crippen molar-refractivity contribution < 1.29 is 4.79 Å². The summed E-state index contributed by atoms with van der Waals surface area (Å²) in [5, 5.41) is 4.71. The number of hydrogen-bond acceptors (Lipinski definition) is 4. The molecular formula is C20H26BrN3O. The topological polar surface area (TPSA) is 45.2 Å². The molecule has 0 saturated heterocycles. The van der Waals surface area contributed by atoms with E-state index in [0.717, 1.165) is 33.9 Å². The van der Waals surface area contributed by atoms with Crippen molar-refractivity contribution in [2.45, 2.75) is 51.1 Å². The molecule has 1 aromatic heterocycles. The predicted octanol–water partition coefficient (Wildman–Crippen LogP) is 4.87. The number of hydrogen-bond donors (Lipinski definition) is 1. The molecule has 1 N–H and O–H groups in total. The Hall–Kier alpha value is -1.46. The number of rotatable bonds is 5. The smallest absolute Gasteiger partial charge is 0.166 e. The van der Waals surface area contributed by atoms with Gasteiger partial charge in [0.05, 0.1) is 16.8 Å². The fourth-order valence-corrected chi connectivity index (χ4v) is 4.02. The summed E-state index contributed by atoms with van der Waals surface area (Å²) in [4.78, 5) is 19.3. The molecule has 0 spiro atoms. The molecule has 1 aliphatic rings. The molecule has 1 aromatic carbocycles. The molecule has 5 heteroatoms. The minimum absolute atomic E-state index is 0.138. The number of Topliss-reactive ketones (excluding diaryl/α,β-unsaturated/α-hetero) is 1. The summed E-state index contributed by atoms with van der Waals surface area (Å²) in [6, 6.07) is 7.11. The zero-order valence-corrected chi connectivity index (χ0v) is 16.8. The van der Waals surface area contributed by atoms with Gasteiger partial charge >= 0.3 is 0 Å². The SMILES string of the molecule is CCC(=O)c1cnc2ccc(Br)cc2c1NC1CCC(N(C)C)CC1. The highest BCUT2D eigenvalue weighted by Crippen LogP contribution is 2.32. The summed E-state index contributed by atoms with van der Waals surface area (Å²) >= 11 is 3.55. The standard InChI is InChI=1S/C20H26BrN3O/c1-4-19(25)17-12-22-18-10-5-13(21)11-16(18)20(17)23-14-6-8-15(9-7-14)24(2)3/h5,10-12,14-15H,4,6-9H2,1-3H3,(H,22,23). The van der Waals surface area contributed by atoms with Gasteiger partial charge < -0.3 is 10.2 Å². The maximum Gasteiger partial charge on any atom is 0.166 e. The van der Waals surface area contributed by atoms with Crippen LogP contribution in [0.15, 0.2) is 28.9 Å². The molecule has 0 bridgehead atoms. The van der Waals surface area contributed by atoms with Gasteiger partial charge in [0.25, 0.3) is 0 Å². The minimum Gasteiger partial charge on any atom is -0.381 e. The van der Waals surface area contributed by atoms with E-state index in [9.17, 15) is 4.79 Å². The van der Waals surface area contributed by atoms with Crippen LogP contribution in [0.25, 0.3) is 10.9 Å². The van der Waals surface area contributed by atoms with Gasteiger partial charge in [-0.05, 0) is 58.0 Å². The Balaban J connectivity index is 1.93. The van der Waals surface area contributed by atoms with Crippen molar-refractivity contribution in [3.05, 3.63) is 34.4 Å². The van der Waals surface area contributed by atoms with Crippen molar-refractivity contribution in [2.24, 2.45) is 0 Å². The van der Waals surface area contributed by atoms with Gasteiger partial charge in [-0.15, -0.1) is 0 Å².